The van der Waals surface area contributed by atoms with Crippen molar-refractivity contribution < 1.29 is 9.53 Å². The lowest BCUT2D eigenvalue weighted by Crippen LogP contribution is -2.25. The SMILES string of the molecule is CNCC(C(=O)OC)c1ccc(Cl)cc1. The second kappa shape index (κ2) is 5.73. The van der Waals surface area contributed by atoms with E-state index >= 15 is 0 Å². The van der Waals surface area contributed by atoms with E-state index < -0.39 is 0 Å². The fourth-order valence-corrected chi connectivity index (χ4v) is 1.50. The number of nitrogens with one attached hydrogen (secondary N) is 1. The monoisotopic (exact) mass is 227 g/mol. The van der Waals surface area contributed by atoms with Crippen LogP contribution in [0.1, 0.15) is 11.5 Å². The van der Waals surface area contributed by atoms with Crippen molar-refractivity contribution in [3.63, 3.8) is 0 Å². The van der Waals surface area contributed by atoms with Crippen molar-refractivity contribution in [1.82, 2.24) is 5.32 Å². The smallest absolute Gasteiger partial charge is 0.314 e. The summed E-state index contributed by atoms with van der Waals surface area (Å²) in [5.74, 6) is -0.524. The Bertz CT molecular complexity index is 324. The van der Waals surface area contributed by atoms with E-state index in [-0.39, 0.29) is 11.9 Å². The van der Waals surface area contributed by atoms with Crippen LogP contribution in [0.4, 0.5) is 0 Å². The normalized spacial score (nSPS) is 12.2. The Morgan fingerprint density at radius 1 is 1.47 bits per heavy atom. The number of carbonyl (C=O) groups excluding carboxylic acids is 1. The molecule has 4 heteroatoms. The minimum atomic E-state index is -0.280. The van der Waals surface area contributed by atoms with Gasteiger partial charge in [0.2, 0.25) is 0 Å². The molecule has 0 saturated heterocycles. The van der Waals surface area contributed by atoms with Crippen LogP contribution in [-0.4, -0.2) is 26.7 Å². The average Bonchev–Trinajstić information content (AvgIpc) is 2.26. The van der Waals surface area contributed by atoms with Crippen LogP contribution in [0.15, 0.2) is 24.3 Å². The van der Waals surface area contributed by atoms with Crippen LogP contribution in [0.3, 0.4) is 0 Å². The van der Waals surface area contributed by atoms with Gasteiger partial charge in [0.25, 0.3) is 0 Å². The Kier molecular flexibility index (Phi) is 4.59. The molecule has 0 spiro atoms. The number of esters is 1. The van der Waals surface area contributed by atoms with Gasteiger partial charge in [-0.3, -0.25) is 4.79 Å². The van der Waals surface area contributed by atoms with Crippen LogP contribution < -0.4 is 5.32 Å². The minimum absolute atomic E-state index is 0.244. The van der Waals surface area contributed by atoms with Crippen LogP contribution in [-0.2, 0) is 9.53 Å². The zero-order valence-corrected chi connectivity index (χ0v) is 9.54. The van der Waals surface area contributed by atoms with Crippen molar-refractivity contribution >= 4 is 17.6 Å². The molecule has 0 heterocycles. The lowest BCUT2D eigenvalue weighted by Gasteiger charge is -2.14. The second-order valence-corrected chi connectivity index (χ2v) is 3.62. The molecule has 0 aliphatic rings. The van der Waals surface area contributed by atoms with Crippen molar-refractivity contribution in [2.45, 2.75) is 5.92 Å². The Balaban J connectivity index is 2.88. The van der Waals surface area contributed by atoms with Gasteiger partial charge in [-0.1, -0.05) is 23.7 Å². The quantitative estimate of drug-likeness (QED) is 0.798. The highest BCUT2D eigenvalue weighted by atomic mass is 35.5. The Morgan fingerprint density at radius 3 is 2.53 bits per heavy atom. The minimum Gasteiger partial charge on any atom is -0.469 e. The molecule has 82 valence electrons. The largest absolute Gasteiger partial charge is 0.469 e. The van der Waals surface area contributed by atoms with E-state index in [0.717, 1.165) is 5.56 Å². The van der Waals surface area contributed by atoms with Gasteiger partial charge in [-0.25, -0.2) is 0 Å². The summed E-state index contributed by atoms with van der Waals surface area (Å²) in [6.07, 6.45) is 0. The lowest BCUT2D eigenvalue weighted by atomic mass is 9.99. The number of hydrogen-bond acceptors (Lipinski definition) is 3. The molecule has 1 aromatic rings. The van der Waals surface area contributed by atoms with Gasteiger partial charge in [0.15, 0.2) is 0 Å². The van der Waals surface area contributed by atoms with Gasteiger partial charge in [-0.15, -0.1) is 0 Å². The van der Waals surface area contributed by atoms with Crippen molar-refractivity contribution in [2.75, 3.05) is 20.7 Å². The van der Waals surface area contributed by atoms with Gasteiger partial charge < -0.3 is 10.1 Å². The summed E-state index contributed by atoms with van der Waals surface area (Å²) in [5, 5.41) is 3.62. The van der Waals surface area contributed by atoms with Gasteiger partial charge in [0.1, 0.15) is 0 Å². The van der Waals surface area contributed by atoms with Crippen LogP contribution >= 0.6 is 11.6 Å². The molecule has 0 amide bonds. The highest BCUT2D eigenvalue weighted by Crippen LogP contribution is 2.19. The summed E-state index contributed by atoms with van der Waals surface area (Å²) in [5.41, 5.74) is 0.903. The van der Waals surface area contributed by atoms with Gasteiger partial charge in [-0.2, -0.15) is 0 Å². The van der Waals surface area contributed by atoms with Gasteiger partial charge in [0.05, 0.1) is 13.0 Å². The van der Waals surface area contributed by atoms with E-state index in [2.05, 4.69) is 5.32 Å². The molecule has 0 fully saturated rings. The number of rotatable bonds is 4. The third-order valence-corrected chi connectivity index (χ3v) is 2.42. The molecular weight excluding hydrogens is 214 g/mol. The van der Waals surface area contributed by atoms with Gasteiger partial charge >= 0.3 is 5.97 Å². The number of ether oxygens (including phenoxy) is 1. The third-order valence-electron chi connectivity index (χ3n) is 2.17. The topological polar surface area (TPSA) is 38.3 Å². The summed E-state index contributed by atoms with van der Waals surface area (Å²) in [6.45, 7) is 0.550. The molecule has 0 aliphatic heterocycles. The first-order valence-electron chi connectivity index (χ1n) is 4.67. The molecule has 0 bridgehead atoms. The van der Waals surface area contributed by atoms with Crippen molar-refractivity contribution in [3.05, 3.63) is 34.9 Å². The Labute approximate surface area is 94.4 Å². The van der Waals surface area contributed by atoms with E-state index in [4.69, 9.17) is 16.3 Å². The number of likely N-dealkylation sites (N-methyl/N-ethyl adjacent to an activating group) is 1. The van der Waals surface area contributed by atoms with Crippen LogP contribution in [0.2, 0.25) is 5.02 Å². The molecule has 3 nitrogen and oxygen atoms in total. The van der Waals surface area contributed by atoms with E-state index in [0.29, 0.717) is 11.6 Å². The summed E-state index contributed by atoms with van der Waals surface area (Å²) >= 11 is 5.78. The van der Waals surface area contributed by atoms with Gasteiger partial charge in [0, 0.05) is 11.6 Å². The maximum Gasteiger partial charge on any atom is 0.314 e. The zero-order chi connectivity index (χ0) is 11.3. The molecule has 1 unspecified atom stereocenters. The van der Waals surface area contributed by atoms with Crippen LogP contribution in [0.5, 0.6) is 0 Å². The van der Waals surface area contributed by atoms with E-state index in [1.54, 1.807) is 19.2 Å². The Hall–Kier alpha value is -1.06. The molecule has 1 atom stereocenters. The molecule has 0 saturated carbocycles. The molecule has 1 aromatic carbocycles. The summed E-state index contributed by atoms with van der Waals surface area (Å²) < 4.78 is 4.74. The molecule has 1 rings (SSSR count). The predicted octanol–water partition coefficient (Wildman–Crippen LogP) is 1.82. The van der Waals surface area contributed by atoms with Gasteiger partial charge in [-0.05, 0) is 24.7 Å². The predicted molar refractivity (Wildman–Crippen MR) is 60.1 cm³/mol. The number of methoxy groups -OCH3 is 1. The van der Waals surface area contributed by atoms with Crippen molar-refractivity contribution in [3.8, 4) is 0 Å². The molecule has 1 N–H and O–H groups in total. The fraction of sp³-hybridized carbons (Fsp3) is 0.364. The first-order chi connectivity index (χ1) is 7.19. The summed E-state index contributed by atoms with van der Waals surface area (Å²) in [6, 6.07) is 7.20. The van der Waals surface area contributed by atoms with Crippen molar-refractivity contribution in [2.24, 2.45) is 0 Å². The molecule has 0 aliphatic carbocycles. The standard InChI is InChI=1S/C11H14ClNO2/c1-13-7-10(11(14)15-2)8-3-5-9(12)6-4-8/h3-6,10,13H,7H2,1-2H3. The second-order valence-electron chi connectivity index (χ2n) is 3.18. The highest BCUT2D eigenvalue weighted by Gasteiger charge is 2.20. The summed E-state index contributed by atoms with van der Waals surface area (Å²) in [4.78, 5) is 11.5. The Morgan fingerprint density at radius 2 is 2.07 bits per heavy atom. The third kappa shape index (κ3) is 3.22. The highest BCUT2D eigenvalue weighted by molar-refractivity contribution is 6.30. The van der Waals surface area contributed by atoms with Crippen LogP contribution in [0.25, 0.3) is 0 Å². The van der Waals surface area contributed by atoms with E-state index in [9.17, 15) is 4.79 Å². The maximum absolute atomic E-state index is 11.5. The number of hydrogen-bond donors (Lipinski definition) is 1. The maximum atomic E-state index is 11.5. The lowest BCUT2D eigenvalue weighted by molar-refractivity contribution is -0.142. The first kappa shape index (κ1) is 12.0. The molecule has 0 aromatic heterocycles. The van der Waals surface area contributed by atoms with Crippen LogP contribution in [0, 0.1) is 0 Å². The first-order valence-corrected chi connectivity index (χ1v) is 5.04. The number of benzene rings is 1. The molecule has 0 radical (unpaired) electrons. The van der Waals surface area contributed by atoms with E-state index in [1.165, 1.54) is 7.11 Å². The fourth-order valence-electron chi connectivity index (χ4n) is 1.38. The molecular formula is C11H14ClNO2. The zero-order valence-electron chi connectivity index (χ0n) is 8.79. The average molecular weight is 228 g/mol. The number of carbonyl (C=O) groups is 1. The summed E-state index contributed by atoms with van der Waals surface area (Å²) in [7, 11) is 3.19. The number of halogens is 1. The van der Waals surface area contributed by atoms with E-state index in [1.807, 2.05) is 12.1 Å². The molecule has 15 heavy (non-hydrogen) atoms. The van der Waals surface area contributed by atoms with Crippen molar-refractivity contribution in [1.29, 1.82) is 0 Å².